The van der Waals surface area contributed by atoms with E-state index in [0.717, 1.165) is 12.8 Å². The largest absolute Gasteiger partial charge is 0.406 e. The molecule has 15 heavy (non-hydrogen) atoms. The fraction of sp³-hybridized carbons (Fsp3) is 0.750. The summed E-state index contributed by atoms with van der Waals surface area (Å²) in [5.41, 5.74) is 0. The van der Waals surface area contributed by atoms with Crippen LogP contribution in [-0.2, 0) is 4.79 Å². The number of nitrogens with zero attached hydrogens (tertiary/aromatic N) is 1. The van der Waals surface area contributed by atoms with Crippen molar-refractivity contribution >= 4 is 11.9 Å². The molecular weight excluding hydrogens is 213 g/mol. The van der Waals surface area contributed by atoms with E-state index in [1.807, 2.05) is 0 Å². The molecule has 0 bridgehead atoms. The minimum atomic E-state index is -4.54. The van der Waals surface area contributed by atoms with Gasteiger partial charge in [-0.3, -0.25) is 9.69 Å². The molecule has 1 aliphatic carbocycles. The summed E-state index contributed by atoms with van der Waals surface area (Å²) < 4.78 is 36.1. The summed E-state index contributed by atoms with van der Waals surface area (Å²) in [5, 5.41) is 2.28. The van der Waals surface area contributed by atoms with E-state index in [4.69, 9.17) is 0 Å². The molecule has 4 nitrogen and oxygen atoms in total. The molecule has 3 amide bonds. The second-order valence-corrected chi connectivity index (χ2v) is 3.80. The molecule has 1 unspecified atom stereocenters. The van der Waals surface area contributed by atoms with E-state index in [1.54, 1.807) is 0 Å². The van der Waals surface area contributed by atoms with E-state index in [9.17, 15) is 22.8 Å². The molecule has 0 spiro atoms. The lowest BCUT2D eigenvalue weighted by atomic mass is 10.2. The van der Waals surface area contributed by atoms with Gasteiger partial charge in [0.2, 0.25) is 0 Å². The number of carbonyl (C=O) groups excluding carboxylic acids is 2. The SMILES string of the molecule is O=C1NC(C2CC2)C(=O)N1CC(F)(F)F. The third kappa shape index (κ3) is 2.05. The second-order valence-electron chi connectivity index (χ2n) is 3.80. The summed E-state index contributed by atoms with van der Waals surface area (Å²) >= 11 is 0. The van der Waals surface area contributed by atoms with Gasteiger partial charge in [-0.1, -0.05) is 0 Å². The van der Waals surface area contributed by atoms with E-state index in [1.165, 1.54) is 0 Å². The molecule has 0 aromatic heterocycles. The van der Waals surface area contributed by atoms with Crippen molar-refractivity contribution in [3.8, 4) is 0 Å². The molecule has 1 aliphatic heterocycles. The molecule has 1 heterocycles. The number of urea groups is 1. The van der Waals surface area contributed by atoms with Gasteiger partial charge >= 0.3 is 12.2 Å². The quantitative estimate of drug-likeness (QED) is 0.705. The highest BCUT2D eigenvalue weighted by atomic mass is 19.4. The Morgan fingerprint density at radius 3 is 2.40 bits per heavy atom. The van der Waals surface area contributed by atoms with Gasteiger partial charge in [-0.05, 0) is 18.8 Å². The molecular formula is C8H9F3N2O2. The van der Waals surface area contributed by atoms with Gasteiger partial charge in [0, 0.05) is 0 Å². The number of imide groups is 1. The molecule has 1 N–H and O–H groups in total. The van der Waals surface area contributed by atoms with Crippen LogP contribution in [0, 0.1) is 5.92 Å². The zero-order valence-electron chi connectivity index (χ0n) is 7.67. The second kappa shape index (κ2) is 3.11. The Labute approximate surface area is 83.4 Å². The molecule has 0 radical (unpaired) electrons. The van der Waals surface area contributed by atoms with Crippen LogP contribution in [0.5, 0.6) is 0 Å². The topological polar surface area (TPSA) is 49.4 Å². The van der Waals surface area contributed by atoms with E-state index in [2.05, 4.69) is 5.32 Å². The molecule has 84 valence electrons. The van der Waals surface area contributed by atoms with Crippen LogP contribution >= 0.6 is 0 Å². The molecule has 1 saturated carbocycles. The molecule has 2 aliphatic rings. The Kier molecular flexibility index (Phi) is 2.13. The zero-order valence-corrected chi connectivity index (χ0v) is 7.67. The van der Waals surface area contributed by atoms with Crippen molar-refractivity contribution in [2.24, 2.45) is 5.92 Å². The fourth-order valence-corrected chi connectivity index (χ4v) is 1.62. The number of carbonyl (C=O) groups is 2. The van der Waals surface area contributed by atoms with Gasteiger partial charge in [0.1, 0.15) is 12.6 Å². The maximum atomic E-state index is 12.0. The summed E-state index contributed by atoms with van der Waals surface area (Å²) in [5.74, 6) is -0.723. The van der Waals surface area contributed by atoms with Crippen molar-refractivity contribution in [2.75, 3.05) is 6.54 Å². The van der Waals surface area contributed by atoms with Gasteiger partial charge in [-0.25, -0.2) is 4.79 Å². The highest BCUT2D eigenvalue weighted by Gasteiger charge is 2.49. The number of nitrogens with one attached hydrogen (secondary N) is 1. The number of amides is 3. The van der Waals surface area contributed by atoms with Crippen LogP contribution in [0.25, 0.3) is 0 Å². The number of rotatable bonds is 2. The normalized spacial score (nSPS) is 27.1. The van der Waals surface area contributed by atoms with Crippen LogP contribution in [-0.4, -0.2) is 35.6 Å². The first kappa shape index (κ1) is 10.3. The van der Waals surface area contributed by atoms with Crippen molar-refractivity contribution in [1.82, 2.24) is 10.2 Å². The molecule has 1 atom stereocenters. The predicted molar refractivity (Wildman–Crippen MR) is 42.8 cm³/mol. The first-order valence-corrected chi connectivity index (χ1v) is 4.57. The lowest BCUT2D eigenvalue weighted by Crippen LogP contribution is -2.39. The van der Waals surface area contributed by atoms with E-state index < -0.39 is 30.7 Å². The highest BCUT2D eigenvalue weighted by molar-refractivity contribution is 6.04. The highest BCUT2D eigenvalue weighted by Crippen LogP contribution is 2.35. The summed E-state index contributed by atoms with van der Waals surface area (Å²) in [6, 6.07) is -1.67. The standard InChI is InChI=1S/C8H9F3N2O2/c9-8(10,11)3-13-6(14)5(4-1-2-4)12-7(13)15/h4-5H,1-3H2,(H,12,15). The van der Waals surface area contributed by atoms with Crippen LogP contribution in [0.4, 0.5) is 18.0 Å². The zero-order chi connectivity index (χ0) is 11.2. The predicted octanol–water partition coefficient (Wildman–Crippen LogP) is 0.879. The maximum absolute atomic E-state index is 12.0. The van der Waals surface area contributed by atoms with Crippen LogP contribution in [0.15, 0.2) is 0 Å². The fourth-order valence-electron chi connectivity index (χ4n) is 1.62. The minimum Gasteiger partial charge on any atom is -0.326 e. The van der Waals surface area contributed by atoms with Gasteiger partial charge in [-0.15, -0.1) is 0 Å². The summed E-state index contributed by atoms with van der Waals surface area (Å²) in [7, 11) is 0. The van der Waals surface area contributed by atoms with E-state index in [-0.39, 0.29) is 10.8 Å². The van der Waals surface area contributed by atoms with Crippen molar-refractivity contribution in [3.05, 3.63) is 0 Å². The minimum absolute atomic E-state index is 0.0275. The Hall–Kier alpha value is -1.27. The lowest BCUT2D eigenvalue weighted by molar-refractivity contribution is -0.153. The summed E-state index contributed by atoms with van der Waals surface area (Å²) in [6.07, 6.45) is -2.96. The van der Waals surface area contributed by atoms with E-state index >= 15 is 0 Å². The Morgan fingerprint density at radius 1 is 1.33 bits per heavy atom. The van der Waals surface area contributed by atoms with Gasteiger partial charge in [0.25, 0.3) is 5.91 Å². The van der Waals surface area contributed by atoms with E-state index in [0.29, 0.717) is 0 Å². The van der Waals surface area contributed by atoms with Crippen molar-refractivity contribution in [3.63, 3.8) is 0 Å². The lowest BCUT2D eigenvalue weighted by Gasteiger charge is -2.14. The van der Waals surface area contributed by atoms with Crippen molar-refractivity contribution in [2.45, 2.75) is 25.1 Å². The molecule has 1 saturated heterocycles. The van der Waals surface area contributed by atoms with Crippen LogP contribution in [0.1, 0.15) is 12.8 Å². The van der Waals surface area contributed by atoms with Crippen molar-refractivity contribution in [1.29, 1.82) is 0 Å². The third-order valence-electron chi connectivity index (χ3n) is 2.49. The summed E-state index contributed by atoms with van der Waals surface area (Å²) in [6.45, 7) is -1.50. The van der Waals surface area contributed by atoms with Gasteiger partial charge in [-0.2, -0.15) is 13.2 Å². The average Bonchev–Trinajstić information content (AvgIpc) is 2.87. The van der Waals surface area contributed by atoms with Crippen molar-refractivity contribution < 1.29 is 22.8 Å². The van der Waals surface area contributed by atoms with Crippen LogP contribution < -0.4 is 5.32 Å². The average molecular weight is 222 g/mol. The van der Waals surface area contributed by atoms with Gasteiger partial charge in [0.05, 0.1) is 0 Å². The molecule has 0 aromatic rings. The molecule has 2 fully saturated rings. The van der Waals surface area contributed by atoms with Gasteiger partial charge in [0.15, 0.2) is 0 Å². The number of hydrogen-bond acceptors (Lipinski definition) is 2. The number of alkyl halides is 3. The third-order valence-corrected chi connectivity index (χ3v) is 2.49. The van der Waals surface area contributed by atoms with Crippen LogP contribution in [0.2, 0.25) is 0 Å². The first-order chi connectivity index (χ1) is 6.88. The molecule has 0 aromatic carbocycles. The molecule has 2 rings (SSSR count). The molecule has 7 heteroatoms. The maximum Gasteiger partial charge on any atom is 0.406 e. The summed E-state index contributed by atoms with van der Waals surface area (Å²) in [4.78, 5) is 22.8. The van der Waals surface area contributed by atoms with Gasteiger partial charge < -0.3 is 5.32 Å². The Morgan fingerprint density at radius 2 is 1.93 bits per heavy atom. The first-order valence-electron chi connectivity index (χ1n) is 4.57. The Bertz CT molecular complexity index is 311. The monoisotopic (exact) mass is 222 g/mol. The smallest absolute Gasteiger partial charge is 0.326 e. The van der Waals surface area contributed by atoms with Crippen LogP contribution in [0.3, 0.4) is 0 Å². The number of hydrogen-bond donors (Lipinski definition) is 1. The Balaban J connectivity index is 2.06. The number of halogens is 3.